The summed E-state index contributed by atoms with van der Waals surface area (Å²) in [6.07, 6.45) is 3.16. The molecule has 0 atom stereocenters. The van der Waals surface area contributed by atoms with Gasteiger partial charge in [0.2, 0.25) is 0 Å². The van der Waals surface area contributed by atoms with Gasteiger partial charge in [0.1, 0.15) is 16.1 Å². The predicted octanol–water partition coefficient (Wildman–Crippen LogP) is 2.19. The Morgan fingerprint density at radius 1 is 1.47 bits per heavy atom. The monoisotopic (exact) mass is 269 g/mol. The summed E-state index contributed by atoms with van der Waals surface area (Å²) in [4.78, 5) is 20.8. The van der Waals surface area contributed by atoms with Crippen molar-refractivity contribution in [2.75, 3.05) is 0 Å². The average Bonchev–Trinajstić information content (AvgIpc) is 2.60. The Kier molecular flexibility index (Phi) is 2.59. The molecule has 0 spiro atoms. The summed E-state index contributed by atoms with van der Waals surface area (Å²) in [6, 6.07) is 1.29. The van der Waals surface area contributed by atoms with Crippen molar-refractivity contribution in [3.8, 4) is 11.3 Å². The maximum atomic E-state index is 12.9. The molecule has 0 fully saturated rings. The number of H-pyrrole nitrogens is 1. The van der Waals surface area contributed by atoms with Gasteiger partial charge in [0, 0.05) is 11.8 Å². The van der Waals surface area contributed by atoms with Crippen LogP contribution in [0.15, 0.2) is 23.1 Å². The van der Waals surface area contributed by atoms with Crippen LogP contribution in [0.25, 0.3) is 11.3 Å². The van der Waals surface area contributed by atoms with E-state index in [1.54, 1.807) is 0 Å². The summed E-state index contributed by atoms with van der Waals surface area (Å²) in [7, 11) is 0. The largest absolute Gasteiger partial charge is 0.330 e. The van der Waals surface area contributed by atoms with E-state index in [4.69, 9.17) is 0 Å². The Bertz CT molecular complexity index is 512. The van der Waals surface area contributed by atoms with Crippen LogP contribution in [0.3, 0.4) is 0 Å². The molecule has 1 N–H and O–H groups in total. The lowest BCUT2D eigenvalue weighted by atomic mass is 10.2. The number of carbonyl (C=O) groups excluding carboxylic acids is 1. The molecule has 2 rings (SSSR count). The summed E-state index contributed by atoms with van der Waals surface area (Å²) in [5.74, 6) is -0.267. The third kappa shape index (κ3) is 1.94. The lowest BCUT2D eigenvalue weighted by Gasteiger charge is -1.96. The molecule has 0 aliphatic heterocycles. The summed E-state index contributed by atoms with van der Waals surface area (Å²) < 4.78 is 13.4. The lowest BCUT2D eigenvalue weighted by Crippen LogP contribution is -1.85. The van der Waals surface area contributed by atoms with Crippen molar-refractivity contribution < 1.29 is 9.18 Å². The van der Waals surface area contributed by atoms with Crippen LogP contribution in [0.2, 0.25) is 0 Å². The van der Waals surface area contributed by atoms with E-state index < -0.39 is 5.82 Å². The minimum absolute atomic E-state index is 0.182. The van der Waals surface area contributed by atoms with E-state index in [2.05, 4.69) is 30.9 Å². The van der Waals surface area contributed by atoms with Crippen LogP contribution in [-0.4, -0.2) is 21.2 Å². The number of aromatic nitrogens is 3. The SMILES string of the molecule is O=Cc1nc(-c2cncc(F)c2)c(Br)[nH]1. The highest BCUT2D eigenvalue weighted by Crippen LogP contribution is 2.25. The first-order valence-corrected chi connectivity index (χ1v) is 4.81. The molecular formula is C9H5BrFN3O. The number of aromatic amines is 1. The molecular weight excluding hydrogens is 265 g/mol. The van der Waals surface area contributed by atoms with Crippen molar-refractivity contribution in [2.45, 2.75) is 0 Å². The number of nitrogens with one attached hydrogen (secondary N) is 1. The van der Waals surface area contributed by atoms with E-state index in [1.807, 2.05) is 0 Å². The fourth-order valence-corrected chi connectivity index (χ4v) is 1.68. The minimum atomic E-state index is -0.449. The zero-order chi connectivity index (χ0) is 10.8. The molecule has 0 aliphatic rings. The zero-order valence-electron chi connectivity index (χ0n) is 7.37. The van der Waals surface area contributed by atoms with Crippen molar-refractivity contribution in [1.82, 2.24) is 15.0 Å². The van der Waals surface area contributed by atoms with Crippen LogP contribution in [-0.2, 0) is 0 Å². The number of halogens is 2. The molecule has 0 amide bonds. The number of hydrogen-bond donors (Lipinski definition) is 1. The van der Waals surface area contributed by atoms with Crippen LogP contribution >= 0.6 is 15.9 Å². The van der Waals surface area contributed by atoms with Crippen molar-refractivity contribution >= 4 is 22.2 Å². The van der Waals surface area contributed by atoms with Crippen molar-refractivity contribution in [1.29, 1.82) is 0 Å². The van der Waals surface area contributed by atoms with Gasteiger partial charge in [0.25, 0.3) is 0 Å². The average molecular weight is 270 g/mol. The maximum Gasteiger partial charge on any atom is 0.185 e. The van der Waals surface area contributed by atoms with Crippen molar-refractivity contribution in [3.05, 3.63) is 34.7 Å². The van der Waals surface area contributed by atoms with Crippen molar-refractivity contribution in [2.24, 2.45) is 0 Å². The fourth-order valence-electron chi connectivity index (χ4n) is 1.16. The van der Waals surface area contributed by atoms with Gasteiger partial charge in [-0.2, -0.15) is 0 Å². The summed E-state index contributed by atoms with van der Waals surface area (Å²) in [6.45, 7) is 0. The first kappa shape index (κ1) is 9.97. The Morgan fingerprint density at radius 3 is 2.87 bits per heavy atom. The normalized spacial score (nSPS) is 10.3. The van der Waals surface area contributed by atoms with Crippen LogP contribution in [0.1, 0.15) is 10.6 Å². The molecule has 0 aromatic carbocycles. The number of pyridine rings is 1. The molecule has 0 radical (unpaired) electrons. The molecule has 76 valence electrons. The number of nitrogens with zero attached hydrogens (tertiary/aromatic N) is 2. The van der Waals surface area contributed by atoms with E-state index in [1.165, 1.54) is 12.3 Å². The van der Waals surface area contributed by atoms with Gasteiger partial charge in [-0.25, -0.2) is 9.37 Å². The van der Waals surface area contributed by atoms with Gasteiger partial charge < -0.3 is 4.98 Å². The Morgan fingerprint density at radius 2 is 2.27 bits per heavy atom. The molecule has 15 heavy (non-hydrogen) atoms. The third-order valence-electron chi connectivity index (χ3n) is 1.77. The van der Waals surface area contributed by atoms with Gasteiger partial charge >= 0.3 is 0 Å². The van der Waals surface area contributed by atoms with Crippen molar-refractivity contribution in [3.63, 3.8) is 0 Å². The topological polar surface area (TPSA) is 58.6 Å². The number of hydrogen-bond acceptors (Lipinski definition) is 3. The maximum absolute atomic E-state index is 12.9. The summed E-state index contributed by atoms with van der Waals surface area (Å²) in [5, 5.41) is 0. The second-order valence-electron chi connectivity index (χ2n) is 2.79. The fraction of sp³-hybridized carbons (Fsp3) is 0. The molecule has 0 bridgehead atoms. The molecule has 2 aromatic heterocycles. The Labute approximate surface area is 92.7 Å². The molecule has 0 saturated carbocycles. The standard InChI is InChI=1S/C9H5BrFN3O/c10-9-8(13-7(4-15)14-9)5-1-6(11)3-12-2-5/h1-4H,(H,13,14). The van der Waals surface area contributed by atoms with E-state index in [0.717, 1.165) is 6.20 Å². The number of imidazole rings is 1. The van der Waals surface area contributed by atoms with Gasteiger partial charge in [0.05, 0.1) is 6.20 Å². The van der Waals surface area contributed by atoms with E-state index in [-0.39, 0.29) is 5.82 Å². The summed E-state index contributed by atoms with van der Waals surface area (Å²) in [5.41, 5.74) is 0.968. The smallest absolute Gasteiger partial charge is 0.185 e. The highest BCUT2D eigenvalue weighted by Gasteiger charge is 2.10. The lowest BCUT2D eigenvalue weighted by molar-refractivity contribution is 0.111. The van der Waals surface area contributed by atoms with Crippen LogP contribution in [0.5, 0.6) is 0 Å². The number of aldehydes is 1. The molecule has 0 unspecified atom stereocenters. The second kappa shape index (κ2) is 3.90. The molecule has 2 heterocycles. The predicted molar refractivity (Wildman–Crippen MR) is 54.9 cm³/mol. The van der Waals surface area contributed by atoms with Gasteiger partial charge in [-0.05, 0) is 22.0 Å². The summed E-state index contributed by atoms with van der Waals surface area (Å²) >= 11 is 3.19. The zero-order valence-corrected chi connectivity index (χ0v) is 8.95. The van der Waals surface area contributed by atoms with Crippen LogP contribution in [0, 0.1) is 5.82 Å². The molecule has 4 nitrogen and oxygen atoms in total. The minimum Gasteiger partial charge on any atom is -0.330 e. The number of rotatable bonds is 2. The molecule has 6 heteroatoms. The number of carbonyl (C=O) groups is 1. The first-order valence-electron chi connectivity index (χ1n) is 4.02. The van der Waals surface area contributed by atoms with Gasteiger partial charge in [0.15, 0.2) is 12.1 Å². The van der Waals surface area contributed by atoms with Crippen LogP contribution < -0.4 is 0 Å². The molecule has 0 saturated heterocycles. The van der Waals surface area contributed by atoms with Crippen LogP contribution in [0.4, 0.5) is 4.39 Å². The van der Waals surface area contributed by atoms with E-state index in [9.17, 15) is 9.18 Å². The van der Waals surface area contributed by atoms with E-state index in [0.29, 0.717) is 22.1 Å². The highest BCUT2D eigenvalue weighted by molar-refractivity contribution is 9.10. The quantitative estimate of drug-likeness (QED) is 0.851. The van der Waals surface area contributed by atoms with Gasteiger partial charge in [-0.15, -0.1) is 0 Å². The second-order valence-corrected chi connectivity index (χ2v) is 3.59. The highest BCUT2D eigenvalue weighted by atomic mass is 79.9. The molecule has 0 aliphatic carbocycles. The van der Waals surface area contributed by atoms with E-state index >= 15 is 0 Å². The third-order valence-corrected chi connectivity index (χ3v) is 2.34. The molecule has 2 aromatic rings. The van der Waals surface area contributed by atoms with Gasteiger partial charge in [-0.1, -0.05) is 0 Å². The van der Waals surface area contributed by atoms with Gasteiger partial charge in [-0.3, -0.25) is 9.78 Å². The first-order chi connectivity index (χ1) is 7.20. The Hall–Kier alpha value is -1.56. The Balaban J connectivity index is 2.53.